The Bertz CT molecular complexity index is 812. The van der Waals surface area contributed by atoms with Crippen molar-refractivity contribution in [3.8, 4) is 0 Å². The molecule has 5 heteroatoms. The maximum absolute atomic E-state index is 13.1. The van der Waals surface area contributed by atoms with E-state index in [1.807, 2.05) is 28.0 Å². The van der Waals surface area contributed by atoms with Gasteiger partial charge in [-0.3, -0.25) is 9.59 Å². The van der Waals surface area contributed by atoms with Crippen molar-refractivity contribution in [2.45, 2.75) is 39.2 Å². The third-order valence-electron chi connectivity index (χ3n) is 5.90. The van der Waals surface area contributed by atoms with Gasteiger partial charge in [-0.25, -0.2) is 0 Å². The fourth-order valence-corrected chi connectivity index (χ4v) is 4.42. The zero-order chi connectivity index (χ0) is 18.1. The van der Waals surface area contributed by atoms with Crippen molar-refractivity contribution in [1.29, 1.82) is 0 Å². The first-order valence-electron chi connectivity index (χ1n) is 9.85. The normalized spacial score (nSPS) is 18.7. The maximum Gasteiger partial charge on any atom is 0.270 e. The molecule has 0 N–H and O–H groups in total. The fraction of sp³-hybridized carbons (Fsp3) is 0.524. The second-order valence-electron chi connectivity index (χ2n) is 7.43. The Kier molecular flexibility index (Phi) is 4.70. The highest BCUT2D eigenvalue weighted by Crippen LogP contribution is 2.25. The second-order valence-corrected chi connectivity index (χ2v) is 7.43. The molecule has 2 aromatic rings. The highest BCUT2D eigenvalue weighted by atomic mass is 16.2. The number of amides is 2. The van der Waals surface area contributed by atoms with Gasteiger partial charge in [0.2, 0.25) is 5.91 Å². The average molecular weight is 353 g/mol. The van der Waals surface area contributed by atoms with E-state index in [9.17, 15) is 9.59 Å². The van der Waals surface area contributed by atoms with Crippen LogP contribution in [0, 0.1) is 5.92 Å². The molecule has 5 nitrogen and oxygen atoms in total. The number of aromatic nitrogens is 1. The lowest BCUT2D eigenvalue weighted by atomic mass is 9.95. The van der Waals surface area contributed by atoms with Crippen LogP contribution in [0.4, 0.5) is 0 Å². The SMILES string of the molecule is CCn1c(C(=O)N2CCC(C(=O)N3CCCC3)CC2)cc2ccccc21. The standard InChI is InChI=1S/C21H27N3O2/c1-2-24-18-8-4-3-7-17(18)15-19(24)21(26)23-13-9-16(10-14-23)20(25)22-11-5-6-12-22/h3-4,7-8,15-16H,2,5-6,9-14H2,1H3. The van der Waals surface area contributed by atoms with Gasteiger partial charge in [-0.2, -0.15) is 0 Å². The van der Waals surface area contributed by atoms with Crippen LogP contribution in [0.3, 0.4) is 0 Å². The van der Waals surface area contributed by atoms with Gasteiger partial charge in [-0.05, 0) is 44.7 Å². The maximum atomic E-state index is 13.1. The lowest BCUT2D eigenvalue weighted by molar-refractivity contribution is -0.135. The van der Waals surface area contributed by atoms with E-state index in [2.05, 4.69) is 23.6 Å². The summed E-state index contributed by atoms with van der Waals surface area (Å²) >= 11 is 0. The molecule has 0 radical (unpaired) electrons. The number of nitrogens with zero attached hydrogens (tertiary/aromatic N) is 3. The lowest BCUT2D eigenvalue weighted by Crippen LogP contribution is -2.44. The molecule has 2 saturated heterocycles. The van der Waals surface area contributed by atoms with Crippen LogP contribution in [0.15, 0.2) is 30.3 Å². The van der Waals surface area contributed by atoms with Gasteiger partial charge in [0.15, 0.2) is 0 Å². The Morgan fingerprint density at radius 2 is 1.69 bits per heavy atom. The van der Waals surface area contributed by atoms with E-state index in [4.69, 9.17) is 0 Å². The number of likely N-dealkylation sites (tertiary alicyclic amines) is 2. The zero-order valence-corrected chi connectivity index (χ0v) is 15.5. The van der Waals surface area contributed by atoms with Gasteiger partial charge in [0.05, 0.1) is 0 Å². The van der Waals surface area contributed by atoms with E-state index in [1.54, 1.807) is 0 Å². The van der Waals surface area contributed by atoms with E-state index >= 15 is 0 Å². The van der Waals surface area contributed by atoms with Gasteiger partial charge < -0.3 is 14.4 Å². The summed E-state index contributed by atoms with van der Waals surface area (Å²) in [5.41, 5.74) is 1.87. The van der Waals surface area contributed by atoms with Crippen LogP contribution in [-0.4, -0.2) is 52.4 Å². The number of hydrogen-bond donors (Lipinski definition) is 0. The number of hydrogen-bond acceptors (Lipinski definition) is 2. The smallest absolute Gasteiger partial charge is 0.270 e. The van der Waals surface area contributed by atoms with Crippen molar-refractivity contribution in [2.75, 3.05) is 26.2 Å². The first kappa shape index (κ1) is 17.1. The molecule has 2 amide bonds. The molecule has 0 spiro atoms. The van der Waals surface area contributed by atoms with Crippen LogP contribution in [-0.2, 0) is 11.3 Å². The highest BCUT2D eigenvalue weighted by Gasteiger charge is 2.32. The highest BCUT2D eigenvalue weighted by molar-refractivity contribution is 5.99. The number of carbonyl (C=O) groups is 2. The molecule has 26 heavy (non-hydrogen) atoms. The Hall–Kier alpha value is -2.30. The third kappa shape index (κ3) is 3.00. The number of carbonyl (C=O) groups excluding carboxylic acids is 2. The summed E-state index contributed by atoms with van der Waals surface area (Å²) in [6.45, 7) is 6.02. The minimum absolute atomic E-state index is 0.0918. The first-order chi connectivity index (χ1) is 12.7. The van der Waals surface area contributed by atoms with Gasteiger partial charge in [-0.1, -0.05) is 18.2 Å². The number of fused-ring (bicyclic) bond motifs is 1. The van der Waals surface area contributed by atoms with E-state index in [0.717, 1.165) is 61.9 Å². The number of piperidine rings is 1. The van der Waals surface area contributed by atoms with E-state index in [0.29, 0.717) is 19.0 Å². The molecular formula is C21H27N3O2. The van der Waals surface area contributed by atoms with Crippen LogP contribution >= 0.6 is 0 Å². The Labute approximate surface area is 154 Å². The summed E-state index contributed by atoms with van der Waals surface area (Å²) in [5.74, 6) is 0.488. The molecule has 2 aliphatic heterocycles. The largest absolute Gasteiger partial charge is 0.342 e. The van der Waals surface area contributed by atoms with Crippen LogP contribution in [0.25, 0.3) is 10.9 Å². The minimum atomic E-state index is 0.0918. The molecule has 0 atom stereocenters. The second kappa shape index (κ2) is 7.14. The molecule has 1 aromatic carbocycles. The summed E-state index contributed by atoms with van der Waals surface area (Å²) in [5, 5.41) is 1.11. The van der Waals surface area contributed by atoms with Crippen molar-refractivity contribution < 1.29 is 9.59 Å². The predicted octanol–water partition coefficient (Wildman–Crippen LogP) is 3.14. The number of para-hydroxylation sites is 1. The molecule has 0 unspecified atom stereocenters. The summed E-state index contributed by atoms with van der Waals surface area (Å²) in [6, 6.07) is 10.1. The van der Waals surface area contributed by atoms with Crippen molar-refractivity contribution in [2.24, 2.45) is 5.92 Å². The van der Waals surface area contributed by atoms with Crippen LogP contribution < -0.4 is 0 Å². The molecule has 0 saturated carbocycles. The number of aryl methyl sites for hydroxylation is 1. The lowest BCUT2D eigenvalue weighted by Gasteiger charge is -2.33. The minimum Gasteiger partial charge on any atom is -0.342 e. The van der Waals surface area contributed by atoms with Crippen molar-refractivity contribution >= 4 is 22.7 Å². The molecule has 3 heterocycles. The van der Waals surface area contributed by atoms with E-state index in [1.165, 1.54) is 0 Å². The molecule has 2 fully saturated rings. The predicted molar refractivity (Wildman–Crippen MR) is 102 cm³/mol. The monoisotopic (exact) mass is 353 g/mol. The molecule has 0 aliphatic carbocycles. The van der Waals surface area contributed by atoms with Gasteiger partial charge in [-0.15, -0.1) is 0 Å². The van der Waals surface area contributed by atoms with E-state index in [-0.39, 0.29) is 11.8 Å². The Balaban J connectivity index is 1.46. The quantitative estimate of drug-likeness (QED) is 0.851. The van der Waals surface area contributed by atoms with Crippen LogP contribution in [0.5, 0.6) is 0 Å². The first-order valence-corrected chi connectivity index (χ1v) is 9.85. The van der Waals surface area contributed by atoms with Gasteiger partial charge in [0.25, 0.3) is 5.91 Å². The van der Waals surface area contributed by atoms with Crippen molar-refractivity contribution in [1.82, 2.24) is 14.4 Å². The summed E-state index contributed by atoms with van der Waals surface area (Å²) in [7, 11) is 0. The molecule has 4 rings (SSSR count). The van der Waals surface area contributed by atoms with Crippen molar-refractivity contribution in [3.05, 3.63) is 36.0 Å². The summed E-state index contributed by atoms with van der Waals surface area (Å²) in [6.07, 6.45) is 3.83. The topological polar surface area (TPSA) is 45.6 Å². The van der Waals surface area contributed by atoms with Gasteiger partial charge >= 0.3 is 0 Å². The van der Waals surface area contributed by atoms with Gasteiger partial charge in [0, 0.05) is 49.5 Å². The van der Waals surface area contributed by atoms with Gasteiger partial charge in [0.1, 0.15) is 5.69 Å². The van der Waals surface area contributed by atoms with E-state index < -0.39 is 0 Å². The van der Waals surface area contributed by atoms with Crippen molar-refractivity contribution in [3.63, 3.8) is 0 Å². The third-order valence-corrected chi connectivity index (χ3v) is 5.90. The fourth-order valence-electron chi connectivity index (χ4n) is 4.42. The Morgan fingerprint density at radius 3 is 2.38 bits per heavy atom. The molecule has 1 aromatic heterocycles. The van der Waals surface area contributed by atoms with Crippen LogP contribution in [0.2, 0.25) is 0 Å². The molecule has 2 aliphatic rings. The van der Waals surface area contributed by atoms with Crippen LogP contribution in [0.1, 0.15) is 43.1 Å². The zero-order valence-electron chi connectivity index (χ0n) is 15.5. The molecular weight excluding hydrogens is 326 g/mol. The Morgan fingerprint density at radius 1 is 1.00 bits per heavy atom. The summed E-state index contributed by atoms with van der Waals surface area (Å²) < 4.78 is 2.10. The molecule has 0 bridgehead atoms. The number of benzene rings is 1. The average Bonchev–Trinajstić information content (AvgIpc) is 3.34. The summed E-state index contributed by atoms with van der Waals surface area (Å²) in [4.78, 5) is 29.6. The molecule has 138 valence electrons. The number of rotatable bonds is 3.